The quantitative estimate of drug-likeness (QED) is 0.516. The van der Waals surface area contributed by atoms with E-state index in [2.05, 4.69) is 43.6 Å². The Labute approximate surface area is 146 Å². The molecule has 1 unspecified atom stereocenters. The Morgan fingerprint density at radius 3 is 2.30 bits per heavy atom. The second-order valence-corrected chi connectivity index (χ2v) is 7.30. The first-order chi connectivity index (χ1) is 10.9. The smallest absolute Gasteiger partial charge is 0.127 e. The predicted molar refractivity (Wildman–Crippen MR) is 100 cm³/mol. The molecule has 0 fully saturated rings. The third-order valence-electron chi connectivity index (χ3n) is 4.34. The average Bonchev–Trinajstić information content (AvgIpc) is 2.53. The van der Waals surface area contributed by atoms with Gasteiger partial charge in [0.25, 0.3) is 0 Å². The fourth-order valence-electron chi connectivity index (χ4n) is 2.82. The molecule has 2 rings (SSSR count). The summed E-state index contributed by atoms with van der Waals surface area (Å²) in [6, 6.07) is 14.9. The minimum absolute atomic E-state index is 0.177. The van der Waals surface area contributed by atoms with Crippen molar-refractivity contribution in [2.75, 3.05) is 0 Å². The van der Waals surface area contributed by atoms with Crippen LogP contribution in [0.15, 0.2) is 58.0 Å². The maximum Gasteiger partial charge on any atom is 0.127 e. The van der Waals surface area contributed by atoms with E-state index in [1.807, 2.05) is 36.4 Å². The first-order valence-electron chi connectivity index (χ1n) is 7.96. The van der Waals surface area contributed by atoms with Gasteiger partial charge in [-0.15, -0.1) is 0 Å². The van der Waals surface area contributed by atoms with Crippen molar-refractivity contribution < 1.29 is 4.39 Å². The highest BCUT2D eigenvalue weighted by atomic mass is 79.9. The van der Waals surface area contributed by atoms with Crippen LogP contribution in [-0.2, 0) is 5.41 Å². The van der Waals surface area contributed by atoms with Crippen molar-refractivity contribution in [1.29, 1.82) is 0 Å². The lowest BCUT2D eigenvalue weighted by Gasteiger charge is -2.31. The Balaban J connectivity index is 2.54. The maximum absolute atomic E-state index is 14.3. The van der Waals surface area contributed by atoms with Crippen LogP contribution in [0.25, 0.3) is 0 Å². The molecule has 0 saturated carbocycles. The first-order valence-corrected chi connectivity index (χ1v) is 8.75. The Kier molecular flexibility index (Phi) is 5.74. The van der Waals surface area contributed by atoms with Crippen molar-refractivity contribution in [2.45, 2.75) is 39.5 Å². The van der Waals surface area contributed by atoms with E-state index in [1.54, 1.807) is 6.07 Å². The minimum Gasteiger partial charge on any atom is -0.257 e. The van der Waals surface area contributed by atoms with Crippen LogP contribution in [0.4, 0.5) is 10.1 Å². The van der Waals surface area contributed by atoms with Gasteiger partial charge in [-0.1, -0.05) is 61.8 Å². The van der Waals surface area contributed by atoms with Crippen molar-refractivity contribution in [3.63, 3.8) is 0 Å². The molecule has 2 aromatic rings. The Morgan fingerprint density at radius 1 is 1.13 bits per heavy atom. The highest BCUT2D eigenvalue weighted by Crippen LogP contribution is 2.33. The molecule has 0 aliphatic heterocycles. The normalized spacial score (nSPS) is 13.9. The van der Waals surface area contributed by atoms with E-state index < -0.39 is 5.41 Å². The van der Waals surface area contributed by atoms with Gasteiger partial charge in [0.2, 0.25) is 0 Å². The molecule has 0 bridgehead atoms. The SMILES string of the molecule is CCC(C)C(=Nc1ccc(Br)cc1)C(C)(C)c1ccccc1F. The van der Waals surface area contributed by atoms with Crippen molar-refractivity contribution in [1.82, 2.24) is 0 Å². The van der Waals surface area contributed by atoms with E-state index in [4.69, 9.17) is 4.99 Å². The lowest BCUT2D eigenvalue weighted by molar-refractivity contribution is 0.555. The van der Waals surface area contributed by atoms with Crippen LogP contribution in [0.5, 0.6) is 0 Å². The Morgan fingerprint density at radius 2 is 1.74 bits per heavy atom. The number of benzene rings is 2. The molecule has 0 amide bonds. The third-order valence-corrected chi connectivity index (χ3v) is 4.87. The fraction of sp³-hybridized carbons (Fsp3) is 0.350. The molecule has 0 heterocycles. The van der Waals surface area contributed by atoms with Gasteiger partial charge in [-0.2, -0.15) is 0 Å². The van der Waals surface area contributed by atoms with Crippen LogP contribution in [0.2, 0.25) is 0 Å². The molecule has 0 saturated heterocycles. The van der Waals surface area contributed by atoms with Crippen LogP contribution in [0.3, 0.4) is 0 Å². The third kappa shape index (κ3) is 4.08. The summed E-state index contributed by atoms with van der Waals surface area (Å²) >= 11 is 3.44. The summed E-state index contributed by atoms with van der Waals surface area (Å²) in [5.41, 5.74) is 2.13. The van der Waals surface area contributed by atoms with Gasteiger partial charge in [-0.3, -0.25) is 4.99 Å². The van der Waals surface area contributed by atoms with Crippen LogP contribution in [0.1, 0.15) is 39.7 Å². The van der Waals surface area contributed by atoms with Crippen molar-refractivity contribution in [3.05, 3.63) is 64.4 Å². The summed E-state index contributed by atoms with van der Waals surface area (Å²) in [4.78, 5) is 4.89. The molecular formula is C20H23BrFN. The molecule has 1 atom stereocenters. The van der Waals surface area contributed by atoms with Gasteiger partial charge in [0.1, 0.15) is 5.82 Å². The summed E-state index contributed by atoms with van der Waals surface area (Å²) in [5.74, 6) is 0.0950. The zero-order valence-corrected chi connectivity index (χ0v) is 15.7. The van der Waals surface area contributed by atoms with E-state index in [9.17, 15) is 4.39 Å². The van der Waals surface area contributed by atoms with Crippen LogP contribution < -0.4 is 0 Å². The molecule has 0 N–H and O–H groups in total. The van der Waals surface area contributed by atoms with Gasteiger partial charge >= 0.3 is 0 Å². The minimum atomic E-state index is -0.464. The van der Waals surface area contributed by atoms with Gasteiger partial charge in [0.05, 0.1) is 5.69 Å². The van der Waals surface area contributed by atoms with E-state index in [1.165, 1.54) is 6.07 Å². The van der Waals surface area contributed by atoms with Gasteiger partial charge in [-0.25, -0.2) is 4.39 Å². The molecule has 122 valence electrons. The number of hydrogen-bond acceptors (Lipinski definition) is 1. The predicted octanol–water partition coefficient (Wildman–Crippen LogP) is 6.68. The zero-order valence-electron chi connectivity index (χ0n) is 14.1. The summed E-state index contributed by atoms with van der Waals surface area (Å²) in [6.07, 6.45) is 0.966. The molecular weight excluding hydrogens is 353 g/mol. The van der Waals surface area contributed by atoms with Gasteiger partial charge in [-0.05, 0) is 48.2 Å². The topological polar surface area (TPSA) is 12.4 Å². The van der Waals surface area contributed by atoms with Gasteiger partial charge in [0.15, 0.2) is 0 Å². The monoisotopic (exact) mass is 375 g/mol. The summed E-state index contributed by atoms with van der Waals surface area (Å²) < 4.78 is 15.4. The average molecular weight is 376 g/mol. The second kappa shape index (κ2) is 7.39. The second-order valence-electron chi connectivity index (χ2n) is 6.39. The van der Waals surface area contributed by atoms with E-state index in [0.29, 0.717) is 5.56 Å². The lowest BCUT2D eigenvalue weighted by Crippen LogP contribution is -2.34. The highest BCUT2D eigenvalue weighted by Gasteiger charge is 2.32. The number of halogens is 2. The van der Waals surface area contributed by atoms with Crippen molar-refractivity contribution in [3.8, 4) is 0 Å². The summed E-state index contributed by atoms with van der Waals surface area (Å²) in [6.45, 7) is 8.39. The number of aliphatic imine (C=N–C) groups is 1. The largest absolute Gasteiger partial charge is 0.257 e. The Hall–Kier alpha value is -1.48. The van der Waals surface area contributed by atoms with Gasteiger partial charge in [0, 0.05) is 15.6 Å². The number of rotatable bonds is 5. The zero-order chi connectivity index (χ0) is 17.0. The molecule has 2 aromatic carbocycles. The summed E-state index contributed by atoms with van der Waals surface area (Å²) in [7, 11) is 0. The molecule has 0 aromatic heterocycles. The molecule has 3 heteroatoms. The van der Waals surface area contributed by atoms with Crippen molar-refractivity contribution in [2.24, 2.45) is 10.9 Å². The number of hydrogen-bond donors (Lipinski definition) is 0. The Bertz CT molecular complexity index is 689. The standard InChI is InChI=1S/C20H23BrFN/c1-5-14(2)19(23-16-12-10-15(21)11-13-16)20(3,4)17-8-6-7-9-18(17)22/h6-14H,5H2,1-4H3. The van der Waals surface area contributed by atoms with Crippen LogP contribution in [-0.4, -0.2) is 5.71 Å². The van der Waals surface area contributed by atoms with Crippen LogP contribution >= 0.6 is 15.9 Å². The molecule has 0 radical (unpaired) electrons. The van der Waals surface area contributed by atoms with E-state index in [-0.39, 0.29) is 11.7 Å². The lowest BCUT2D eigenvalue weighted by atomic mass is 9.74. The molecule has 0 aliphatic carbocycles. The van der Waals surface area contributed by atoms with Crippen LogP contribution in [0, 0.1) is 11.7 Å². The van der Waals surface area contributed by atoms with Crippen molar-refractivity contribution >= 4 is 27.3 Å². The molecule has 0 aliphatic rings. The molecule has 1 nitrogen and oxygen atoms in total. The fourth-order valence-corrected chi connectivity index (χ4v) is 3.08. The van der Waals surface area contributed by atoms with E-state index >= 15 is 0 Å². The molecule has 23 heavy (non-hydrogen) atoms. The van der Waals surface area contributed by atoms with Gasteiger partial charge < -0.3 is 0 Å². The van der Waals surface area contributed by atoms with E-state index in [0.717, 1.165) is 22.3 Å². The molecule has 0 spiro atoms. The summed E-state index contributed by atoms with van der Waals surface area (Å²) in [5, 5.41) is 0. The highest BCUT2D eigenvalue weighted by molar-refractivity contribution is 9.10. The maximum atomic E-state index is 14.3. The first kappa shape index (κ1) is 17.9. The number of nitrogens with zero attached hydrogens (tertiary/aromatic N) is 1.